The Hall–Kier alpha value is -2.93. The van der Waals surface area contributed by atoms with Gasteiger partial charge in [0.25, 0.3) is 0 Å². The summed E-state index contributed by atoms with van der Waals surface area (Å²) in [5, 5.41) is 15.8. The van der Waals surface area contributed by atoms with Crippen LogP contribution in [0.15, 0.2) is 54.0 Å². The van der Waals surface area contributed by atoms with Gasteiger partial charge in [-0.05, 0) is 30.0 Å². The van der Waals surface area contributed by atoms with Gasteiger partial charge in [-0.3, -0.25) is 9.59 Å². The van der Waals surface area contributed by atoms with Crippen LogP contribution in [0.5, 0.6) is 0 Å². The number of hydrogen-bond acceptors (Lipinski definition) is 4. The lowest BCUT2D eigenvalue weighted by Crippen LogP contribution is -2.28. The van der Waals surface area contributed by atoms with Crippen molar-refractivity contribution in [2.45, 2.75) is 13.0 Å². The van der Waals surface area contributed by atoms with Crippen molar-refractivity contribution in [1.29, 1.82) is 0 Å². The third-order valence-corrected chi connectivity index (χ3v) is 5.65. The highest BCUT2D eigenvalue weighted by molar-refractivity contribution is 7.13. The maximum atomic E-state index is 12.5. The number of carbonyl (C=O) groups excluding carboxylic acids is 1. The van der Waals surface area contributed by atoms with Crippen LogP contribution in [-0.4, -0.2) is 38.7 Å². The van der Waals surface area contributed by atoms with Crippen molar-refractivity contribution < 1.29 is 14.7 Å². The summed E-state index contributed by atoms with van der Waals surface area (Å²) in [4.78, 5) is 26.2. The molecule has 0 saturated heterocycles. The van der Waals surface area contributed by atoms with E-state index in [9.17, 15) is 9.59 Å². The Kier molecular flexibility index (Phi) is 4.53. The first-order chi connectivity index (χ1) is 13.0. The van der Waals surface area contributed by atoms with Crippen LogP contribution in [-0.2, 0) is 16.1 Å². The number of carboxylic acids is 1. The third kappa shape index (κ3) is 3.50. The number of rotatable bonds is 6. The fraction of sp³-hybridized carbons (Fsp3) is 0.250. The number of amides is 1. The van der Waals surface area contributed by atoms with E-state index >= 15 is 0 Å². The molecule has 0 spiro atoms. The molecule has 7 heteroatoms. The number of benzene rings is 1. The Morgan fingerprint density at radius 3 is 2.63 bits per heavy atom. The van der Waals surface area contributed by atoms with Gasteiger partial charge in [0.2, 0.25) is 5.91 Å². The Bertz CT molecular complexity index is 966. The van der Waals surface area contributed by atoms with Crippen LogP contribution in [0.25, 0.3) is 16.3 Å². The molecule has 0 bridgehead atoms. The SMILES string of the molecule is CN(Cc1cn(-c2ccccc2)nc1-c1cccs1)C(=O)[C@@H]1C[C@H]1C(=O)O. The van der Waals surface area contributed by atoms with Crippen molar-refractivity contribution in [1.82, 2.24) is 14.7 Å². The topological polar surface area (TPSA) is 75.4 Å². The molecular weight excluding hydrogens is 362 g/mol. The van der Waals surface area contributed by atoms with Crippen molar-refractivity contribution >= 4 is 23.2 Å². The minimum atomic E-state index is -0.891. The molecule has 2 atom stereocenters. The quantitative estimate of drug-likeness (QED) is 0.711. The highest BCUT2D eigenvalue weighted by atomic mass is 32.1. The summed E-state index contributed by atoms with van der Waals surface area (Å²) in [6.07, 6.45) is 2.37. The predicted octanol–water partition coefficient (Wildman–Crippen LogP) is 3.28. The van der Waals surface area contributed by atoms with Crippen LogP contribution < -0.4 is 0 Å². The highest BCUT2D eigenvalue weighted by Crippen LogP contribution is 2.40. The number of carbonyl (C=O) groups is 2. The number of nitrogens with zero attached hydrogens (tertiary/aromatic N) is 3. The molecule has 1 saturated carbocycles. The Balaban J connectivity index is 1.60. The molecular formula is C20H19N3O3S. The monoisotopic (exact) mass is 381 g/mol. The predicted molar refractivity (Wildman–Crippen MR) is 103 cm³/mol. The highest BCUT2D eigenvalue weighted by Gasteiger charge is 2.49. The molecule has 1 N–H and O–H groups in total. The first-order valence-corrected chi connectivity index (χ1v) is 9.58. The summed E-state index contributed by atoms with van der Waals surface area (Å²) in [5.74, 6) is -1.95. The van der Waals surface area contributed by atoms with E-state index < -0.39 is 17.8 Å². The lowest BCUT2D eigenvalue weighted by atomic mass is 10.2. The second kappa shape index (κ2) is 7.00. The minimum Gasteiger partial charge on any atom is -0.481 e. The second-order valence-electron chi connectivity index (χ2n) is 6.74. The first-order valence-electron chi connectivity index (χ1n) is 8.70. The van der Waals surface area contributed by atoms with Crippen molar-refractivity contribution in [2.75, 3.05) is 7.05 Å². The fourth-order valence-corrected chi connectivity index (χ4v) is 3.96. The molecule has 1 aliphatic carbocycles. The van der Waals surface area contributed by atoms with Crippen LogP contribution in [0, 0.1) is 11.8 Å². The van der Waals surface area contributed by atoms with E-state index in [-0.39, 0.29) is 5.91 Å². The van der Waals surface area contributed by atoms with Gasteiger partial charge in [0.1, 0.15) is 5.69 Å². The molecule has 1 aromatic carbocycles. The average molecular weight is 381 g/mol. The molecule has 1 aliphatic rings. The lowest BCUT2D eigenvalue weighted by molar-refractivity contribution is -0.141. The van der Waals surface area contributed by atoms with E-state index in [1.165, 1.54) is 0 Å². The summed E-state index contributed by atoms with van der Waals surface area (Å²) < 4.78 is 1.82. The fourth-order valence-electron chi connectivity index (χ4n) is 3.22. The lowest BCUT2D eigenvalue weighted by Gasteiger charge is -2.16. The van der Waals surface area contributed by atoms with E-state index in [0.29, 0.717) is 13.0 Å². The van der Waals surface area contributed by atoms with Gasteiger partial charge in [-0.1, -0.05) is 24.3 Å². The number of aromatic nitrogens is 2. The summed E-state index contributed by atoms with van der Waals surface area (Å²) in [7, 11) is 1.72. The van der Waals surface area contributed by atoms with Gasteiger partial charge in [-0.2, -0.15) is 5.10 Å². The van der Waals surface area contributed by atoms with Crippen molar-refractivity contribution in [2.24, 2.45) is 11.8 Å². The van der Waals surface area contributed by atoms with Gasteiger partial charge >= 0.3 is 5.97 Å². The van der Waals surface area contributed by atoms with Crippen molar-refractivity contribution in [3.05, 3.63) is 59.6 Å². The van der Waals surface area contributed by atoms with Crippen molar-refractivity contribution in [3.63, 3.8) is 0 Å². The average Bonchev–Trinajstić information content (AvgIpc) is 3.09. The molecule has 0 radical (unpaired) electrons. The van der Waals surface area contributed by atoms with Gasteiger partial charge in [0, 0.05) is 25.4 Å². The maximum absolute atomic E-state index is 12.5. The van der Waals surface area contributed by atoms with Gasteiger partial charge in [-0.15, -0.1) is 11.3 Å². The molecule has 0 aliphatic heterocycles. The Morgan fingerprint density at radius 2 is 2.00 bits per heavy atom. The van der Waals surface area contributed by atoms with E-state index in [2.05, 4.69) is 0 Å². The van der Waals surface area contributed by atoms with Gasteiger partial charge in [0.05, 0.1) is 22.4 Å². The summed E-state index contributed by atoms with van der Waals surface area (Å²) in [6.45, 7) is 0.391. The van der Waals surface area contributed by atoms with Crippen molar-refractivity contribution in [3.8, 4) is 16.3 Å². The summed E-state index contributed by atoms with van der Waals surface area (Å²) in [6, 6.07) is 13.8. The largest absolute Gasteiger partial charge is 0.481 e. The zero-order chi connectivity index (χ0) is 19.0. The molecule has 1 fully saturated rings. The molecule has 2 heterocycles. The van der Waals surface area contributed by atoms with Crippen LogP contribution in [0.4, 0.5) is 0 Å². The Labute approximate surface area is 160 Å². The number of aliphatic carboxylic acids is 1. The zero-order valence-electron chi connectivity index (χ0n) is 14.8. The molecule has 138 valence electrons. The van der Waals surface area contributed by atoms with E-state index in [1.807, 2.05) is 58.7 Å². The molecule has 27 heavy (non-hydrogen) atoms. The third-order valence-electron chi connectivity index (χ3n) is 4.77. The van der Waals surface area contributed by atoms with E-state index in [1.54, 1.807) is 23.3 Å². The molecule has 6 nitrogen and oxygen atoms in total. The van der Waals surface area contributed by atoms with Crippen LogP contribution >= 0.6 is 11.3 Å². The number of carboxylic acid groups (broad SMARTS) is 1. The molecule has 2 aromatic heterocycles. The first kappa shape index (κ1) is 17.5. The molecule has 4 rings (SSSR count). The summed E-state index contributed by atoms with van der Waals surface area (Å²) in [5.41, 5.74) is 2.73. The normalized spacial score (nSPS) is 18.3. The number of hydrogen-bond donors (Lipinski definition) is 1. The van der Waals surface area contributed by atoms with Gasteiger partial charge in [-0.25, -0.2) is 4.68 Å². The standard InChI is InChI=1S/C20H19N3O3S/c1-22(19(24)15-10-16(15)20(25)26)11-13-12-23(14-6-3-2-4-7-14)21-18(13)17-8-5-9-27-17/h2-9,12,15-16H,10-11H2,1H3,(H,25,26)/t15-,16-/m1/s1. The second-order valence-corrected chi connectivity index (χ2v) is 7.69. The maximum Gasteiger partial charge on any atom is 0.307 e. The Morgan fingerprint density at radius 1 is 1.22 bits per heavy atom. The van der Waals surface area contributed by atoms with Crippen LogP contribution in [0.3, 0.4) is 0 Å². The minimum absolute atomic E-state index is 0.119. The number of para-hydroxylation sites is 1. The summed E-state index contributed by atoms with van der Waals surface area (Å²) >= 11 is 1.60. The van der Waals surface area contributed by atoms with Gasteiger partial charge < -0.3 is 10.0 Å². The van der Waals surface area contributed by atoms with Crippen LogP contribution in [0.1, 0.15) is 12.0 Å². The molecule has 0 unspecified atom stereocenters. The van der Waals surface area contributed by atoms with E-state index in [4.69, 9.17) is 10.2 Å². The smallest absolute Gasteiger partial charge is 0.307 e. The molecule has 3 aromatic rings. The molecule has 1 amide bonds. The van der Waals surface area contributed by atoms with Gasteiger partial charge in [0.15, 0.2) is 0 Å². The van der Waals surface area contributed by atoms with E-state index in [0.717, 1.165) is 21.8 Å². The zero-order valence-corrected chi connectivity index (χ0v) is 15.6. The number of thiophene rings is 1. The van der Waals surface area contributed by atoms with Crippen LogP contribution in [0.2, 0.25) is 0 Å².